The van der Waals surface area contributed by atoms with Gasteiger partial charge in [-0.05, 0) is 24.3 Å². The van der Waals surface area contributed by atoms with Crippen molar-refractivity contribution in [1.29, 1.82) is 0 Å². The first-order chi connectivity index (χ1) is 13.5. The first-order valence-corrected chi connectivity index (χ1v) is 8.48. The highest BCUT2D eigenvalue weighted by Crippen LogP contribution is 2.34. The summed E-state index contributed by atoms with van der Waals surface area (Å²) in [5, 5.41) is 27.8. The molecule has 0 saturated carbocycles. The van der Waals surface area contributed by atoms with Crippen LogP contribution in [0.1, 0.15) is 31.3 Å². The maximum Gasteiger partial charge on any atom is 0.468 e. The summed E-state index contributed by atoms with van der Waals surface area (Å²) in [6, 6.07) is 0. The van der Waals surface area contributed by atoms with Gasteiger partial charge in [0, 0.05) is 0 Å². The van der Waals surface area contributed by atoms with Crippen molar-refractivity contribution >= 4 is 45.6 Å². The van der Waals surface area contributed by atoms with Gasteiger partial charge >= 0.3 is 17.5 Å². The Bertz CT molecular complexity index is 1060. The first-order valence-electron chi connectivity index (χ1n) is 7.67. The molecular weight excluding hydrogens is 412 g/mol. The maximum atomic E-state index is 12.4. The smallest absolute Gasteiger partial charge is 0.465 e. The van der Waals surface area contributed by atoms with Crippen molar-refractivity contribution < 1.29 is 29.0 Å². The number of aromatic nitrogens is 2. The molecule has 0 unspecified atom stereocenters. The van der Waals surface area contributed by atoms with E-state index >= 15 is 0 Å². The number of carbonyl (C=O) groups is 3. The van der Waals surface area contributed by atoms with Gasteiger partial charge in [0.25, 0.3) is 5.91 Å². The number of esters is 1. The molecule has 0 aliphatic carbocycles. The van der Waals surface area contributed by atoms with Crippen LogP contribution in [-0.2, 0) is 16.1 Å². The van der Waals surface area contributed by atoms with E-state index in [1.54, 1.807) is 0 Å². The van der Waals surface area contributed by atoms with Crippen LogP contribution in [0.25, 0.3) is 0 Å². The number of nitro groups is 2. The van der Waals surface area contributed by atoms with E-state index in [9.17, 15) is 34.6 Å². The predicted octanol–water partition coefficient (Wildman–Crippen LogP) is 0.902. The molecule has 2 amide bonds. The Morgan fingerprint density at radius 1 is 1.24 bits per heavy atom. The van der Waals surface area contributed by atoms with Crippen molar-refractivity contribution in [2.24, 2.45) is 5.73 Å². The third-order valence-corrected chi connectivity index (χ3v) is 5.04. The van der Waals surface area contributed by atoms with Gasteiger partial charge in [-0.3, -0.25) is 19.7 Å². The van der Waals surface area contributed by atoms with Crippen LogP contribution in [0.2, 0.25) is 0 Å². The predicted molar refractivity (Wildman–Crippen MR) is 97.8 cm³/mol. The van der Waals surface area contributed by atoms with E-state index in [-0.39, 0.29) is 26.7 Å². The van der Waals surface area contributed by atoms with Crippen molar-refractivity contribution in [2.75, 3.05) is 12.4 Å². The lowest BCUT2D eigenvalue weighted by Crippen LogP contribution is -2.21. The lowest BCUT2D eigenvalue weighted by molar-refractivity contribution is -0.424. The number of anilines is 1. The number of primary amides is 1. The number of thiophene rings is 1. The van der Waals surface area contributed by atoms with Crippen LogP contribution in [0.4, 0.5) is 16.5 Å². The minimum atomic E-state index is -1.03. The Labute approximate surface area is 165 Å². The molecule has 0 fully saturated rings. The van der Waals surface area contributed by atoms with E-state index in [0.717, 1.165) is 23.1 Å². The quantitative estimate of drug-likeness (QED) is 0.366. The third kappa shape index (κ3) is 4.03. The average Bonchev–Trinajstić information content (AvgIpc) is 3.12. The molecule has 2 aromatic rings. The van der Waals surface area contributed by atoms with Crippen LogP contribution in [0.3, 0.4) is 0 Å². The van der Waals surface area contributed by atoms with Crippen LogP contribution >= 0.6 is 11.3 Å². The zero-order chi connectivity index (χ0) is 22.0. The van der Waals surface area contributed by atoms with Crippen molar-refractivity contribution in [2.45, 2.75) is 20.4 Å². The molecule has 2 heterocycles. The minimum absolute atomic E-state index is 0.0260. The molecular formula is C14H14N6O8S. The number of nitrogens with zero attached hydrogens (tertiary/aromatic N) is 4. The second-order valence-corrected chi connectivity index (χ2v) is 6.61. The number of methoxy groups -OCH3 is 1. The van der Waals surface area contributed by atoms with E-state index in [0.29, 0.717) is 0 Å². The molecule has 0 bridgehead atoms. The fourth-order valence-electron chi connectivity index (χ4n) is 2.50. The summed E-state index contributed by atoms with van der Waals surface area (Å²) in [4.78, 5) is 55.9. The van der Waals surface area contributed by atoms with Crippen molar-refractivity contribution in [3.63, 3.8) is 0 Å². The summed E-state index contributed by atoms with van der Waals surface area (Å²) in [6.45, 7) is 2.03. The molecule has 3 N–H and O–H groups in total. The number of nitrogens with one attached hydrogen (secondary N) is 1. The summed E-state index contributed by atoms with van der Waals surface area (Å²) in [5.41, 5.74) is 4.36. The third-order valence-electron chi connectivity index (χ3n) is 3.82. The molecule has 0 atom stereocenters. The van der Waals surface area contributed by atoms with E-state index in [2.05, 4.69) is 15.2 Å². The number of hydrogen-bond acceptors (Lipinski definition) is 10. The molecule has 154 valence electrons. The second kappa shape index (κ2) is 8.01. The van der Waals surface area contributed by atoms with Gasteiger partial charge in [-0.15, -0.1) is 11.3 Å². The molecule has 0 aliphatic rings. The Morgan fingerprint density at radius 3 is 2.31 bits per heavy atom. The number of hydrogen-bond donors (Lipinski definition) is 2. The molecule has 0 aliphatic heterocycles. The molecule has 2 rings (SSSR count). The van der Waals surface area contributed by atoms with Gasteiger partial charge in [0.15, 0.2) is 0 Å². The highest BCUT2D eigenvalue weighted by Gasteiger charge is 2.36. The van der Waals surface area contributed by atoms with Crippen LogP contribution in [0, 0.1) is 34.1 Å². The summed E-state index contributed by atoms with van der Waals surface area (Å²) in [6.07, 6.45) is 0. The summed E-state index contributed by atoms with van der Waals surface area (Å²) in [7, 11) is 1.11. The fraction of sp³-hybridized carbons (Fsp3) is 0.286. The molecule has 14 nitrogen and oxygen atoms in total. The molecule has 0 spiro atoms. The Morgan fingerprint density at radius 2 is 1.86 bits per heavy atom. The number of nitrogens with two attached hydrogens (primary N) is 1. The standard InChI is InChI=1S/C14H14N6O8S/c1-5-8(14(23)28-3)13(29-10(5)11(15)22)16-7(21)4-18-6(2)9(19(24)25)12(17-18)20(26)27/h4H2,1-3H3,(H2,15,22)(H,16,21). The Kier molecular flexibility index (Phi) is 5.92. The molecule has 0 radical (unpaired) electrons. The normalized spacial score (nSPS) is 10.4. The van der Waals surface area contributed by atoms with Crippen LogP contribution in [-0.4, -0.2) is 44.5 Å². The Hall–Kier alpha value is -3.88. The van der Waals surface area contributed by atoms with Gasteiger partial charge < -0.3 is 25.9 Å². The van der Waals surface area contributed by atoms with Gasteiger partial charge in [-0.25, -0.2) is 4.79 Å². The number of carbonyl (C=O) groups excluding carboxylic acids is 3. The summed E-state index contributed by atoms with van der Waals surface area (Å²) < 4.78 is 5.43. The zero-order valence-corrected chi connectivity index (χ0v) is 16.1. The molecule has 29 heavy (non-hydrogen) atoms. The summed E-state index contributed by atoms with van der Waals surface area (Å²) >= 11 is 0.746. The molecule has 0 aromatic carbocycles. The largest absolute Gasteiger partial charge is 0.468 e. The van der Waals surface area contributed by atoms with Gasteiger partial charge in [-0.1, -0.05) is 0 Å². The lowest BCUT2D eigenvalue weighted by atomic mass is 10.1. The number of ether oxygens (including phenoxy) is 1. The van der Waals surface area contributed by atoms with E-state index in [1.165, 1.54) is 13.8 Å². The highest BCUT2D eigenvalue weighted by molar-refractivity contribution is 7.18. The van der Waals surface area contributed by atoms with E-state index < -0.39 is 45.7 Å². The minimum Gasteiger partial charge on any atom is -0.465 e. The van der Waals surface area contributed by atoms with Crippen LogP contribution in [0.5, 0.6) is 0 Å². The number of rotatable bonds is 7. The Balaban J connectivity index is 2.38. The number of amides is 2. The van der Waals surface area contributed by atoms with Crippen molar-refractivity contribution in [1.82, 2.24) is 9.78 Å². The van der Waals surface area contributed by atoms with Crippen molar-refractivity contribution in [3.05, 3.63) is 41.9 Å². The average molecular weight is 426 g/mol. The van der Waals surface area contributed by atoms with Crippen LogP contribution < -0.4 is 11.1 Å². The highest BCUT2D eigenvalue weighted by atomic mass is 32.1. The van der Waals surface area contributed by atoms with Gasteiger partial charge in [-0.2, -0.15) is 4.68 Å². The van der Waals surface area contributed by atoms with Gasteiger partial charge in [0.1, 0.15) is 17.2 Å². The van der Waals surface area contributed by atoms with Gasteiger partial charge in [0.05, 0.1) is 27.6 Å². The fourth-order valence-corrected chi connectivity index (χ4v) is 3.56. The topological polar surface area (TPSA) is 203 Å². The van der Waals surface area contributed by atoms with E-state index in [1.807, 2.05) is 0 Å². The summed E-state index contributed by atoms with van der Waals surface area (Å²) in [5.74, 6) is -3.43. The second-order valence-electron chi connectivity index (χ2n) is 5.59. The van der Waals surface area contributed by atoms with Crippen molar-refractivity contribution in [3.8, 4) is 0 Å². The van der Waals surface area contributed by atoms with Gasteiger partial charge in [0.2, 0.25) is 5.91 Å². The molecule has 15 heteroatoms. The lowest BCUT2D eigenvalue weighted by Gasteiger charge is -2.05. The maximum absolute atomic E-state index is 12.4. The molecule has 2 aromatic heterocycles. The van der Waals surface area contributed by atoms with E-state index in [4.69, 9.17) is 5.73 Å². The SMILES string of the molecule is COC(=O)c1c(NC(=O)Cn2nc([N+](=O)[O-])c([N+](=O)[O-])c2C)sc(C(N)=O)c1C. The first kappa shape index (κ1) is 21.4. The van der Waals surface area contributed by atoms with Crippen LogP contribution in [0.15, 0.2) is 0 Å². The monoisotopic (exact) mass is 426 g/mol. The molecule has 0 saturated heterocycles. The zero-order valence-electron chi connectivity index (χ0n) is 15.2.